The number of rotatable bonds is 4. The highest BCUT2D eigenvalue weighted by atomic mass is 16.7. The maximum atomic E-state index is 14.5. The molecule has 4 aliphatic rings. The first-order chi connectivity index (χ1) is 28.8. The Kier molecular flexibility index (Phi) is 15.1. The number of phenols is 3. The van der Waals surface area contributed by atoms with E-state index < -0.39 is 88.8 Å². The van der Waals surface area contributed by atoms with Gasteiger partial charge < -0.3 is 49.8 Å². The number of aliphatic hydroxyl groups excluding tert-OH is 2. The van der Waals surface area contributed by atoms with E-state index in [4.69, 9.17) is 18.9 Å². The Labute approximate surface area is 356 Å². The second-order valence-corrected chi connectivity index (χ2v) is 16.8. The average Bonchev–Trinajstić information content (AvgIpc) is 3.47. The second-order valence-electron chi connectivity index (χ2n) is 16.8. The van der Waals surface area contributed by atoms with Crippen molar-refractivity contribution in [2.24, 2.45) is 33.9 Å². The van der Waals surface area contributed by atoms with Crippen molar-refractivity contribution in [3.63, 3.8) is 0 Å². The lowest BCUT2D eigenvalue weighted by molar-refractivity contribution is -0.160. The number of hydrogen-bond acceptors (Lipinski definition) is 14. The van der Waals surface area contributed by atoms with Crippen LogP contribution in [-0.4, -0.2) is 92.4 Å². The van der Waals surface area contributed by atoms with Crippen LogP contribution in [-0.2, 0) is 23.8 Å². The van der Waals surface area contributed by atoms with Crippen LogP contribution < -0.4 is 10.1 Å². The molecule has 3 aliphatic heterocycles. The quantitative estimate of drug-likeness (QED) is 0.0587. The lowest BCUT2D eigenvalue weighted by Crippen LogP contribution is -2.46. The van der Waals surface area contributed by atoms with Crippen LogP contribution in [0.5, 0.6) is 23.0 Å². The van der Waals surface area contributed by atoms with Crippen LogP contribution >= 0.6 is 0 Å². The number of allylic oxidation sites excluding steroid dienone is 2. The van der Waals surface area contributed by atoms with Crippen molar-refractivity contribution in [2.45, 2.75) is 131 Å². The van der Waals surface area contributed by atoms with E-state index in [0.717, 1.165) is 50.7 Å². The molecule has 9 atom stereocenters. The van der Waals surface area contributed by atoms with E-state index in [9.17, 15) is 39.9 Å². The number of ketones is 1. The zero-order chi connectivity index (χ0) is 44.9. The molecule has 0 unspecified atom stereocenters. The molecule has 1 fully saturated rings. The second kappa shape index (κ2) is 19.6. The van der Waals surface area contributed by atoms with Gasteiger partial charge in [-0.05, 0) is 45.6 Å². The van der Waals surface area contributed by atoms with Crippen LogP contribution in [0.2, 0.25) is 0 Å². The van der Waals surface area contributed by atoms with Gasteiger partial charge in [0.1, 0.15) is 23.4 Å². The highest BCUT2D eigenvalue weighted by Gasteiger charge is 2.50. The number of Topliss-reactive ketones (excluding diaryl/α,β-unsaturated/α-hetero) is 1. The number of fused-ring (bicyclic) bond motifs is 14. The predicted molar refractivity (Wildman–Crippen MR) is 231 cm³/mol. The van der Waals surface area contributed by atoms with Crippen molar-refractivity contribution in [2.75, 3.05) is 12.4 Å². The SMILES string of the molecule is CO[C@H]1/C=C/O[C@@]2(C)Oc3c(C)c(O)c4c(O)c(c(C=NN=C5CCCCCCC5)c(O)c4c3C2=O)NC(=O)/C(C)=C\C=C\[C@H](C)[C@H](O)[C@@H](C)[C@@H](O)[C@H](C)[C@H](OC(C)=O)[C@H]1C. The number of hydrogen-bond donors (Lipinski definition) is 6. The summed E-state index contributed by atoms with van der Waals surface area (Å²) < 4.78 is 23.6. The summed E-state index contributed by atoms with van der Waals surface area (Å²) in [5.41, 5.74) is 0.411. The summed E-state index contributed by atoms with van der Waals surface area (Å²) in [5, 5.41) is 69.3. The lowest BCUT2D eigenvalue weighted by Gasteiger charge is -2.38. The Morgan fingerprint density at radius 2 is 1.56 bits per heavy atom. The first-order valence-corrected chi connectivity index (χ1v) is 21.0. The average molecular weight is 848 g/mol. The van der Waals surface area contributed by atoms with Gasteiger partial charge in [-0.3, -0.25) is 14.4 Å². The molecule has 2 aromatic carbocycles. The fourth-order valence-electron chi connectivity index (χ4n) is 8.45. The molecule has 332 valence electrons. The Hall–Kier alpha value is -5.25. The number of nitrogens with one attached hydrogen (secondary N) is 1. The minimum Gasteiger partial charge on any atom is -0.507 e. The first-order valence-electron chi connectivity index (χ1n) is 21.0. The Morgan fingerprint density at radius 3 is 2.20 bits per heavy atom. The minimum absolute atomic E-state index is 0.0497. The van der Waals surface area contributed by atoms with Crippen LogP contribution in [0.4, 0.5) is 5.69 Å². The number of aromatic hydroxyl groups is 3. The molecule has 0 saturated heterocycles. The molecule has 0 radical (unpaired) electrons. The number of benzene rings is 2. The Bertz CT molecular complexity index is 2150. The van der Waals surface area contributed by atoms with Crippen molar-refractivity contribution in [1.82, 2.24) is 0 Å². The van der Waals surface area contributed by atoms with Gasteiger partial charge in [-0.2, -0.15) is 10.2 Å². The number of amides is 1. The summed E-state index contributed by atoms with van der Waals surface area (Å²) in [6.07, 6.45) is 11.5. The standard InChI is InChI=1S/C46H61N3O12/c1-23-16-15-17-24(2)45(57)48-36-31(22-47-49-30-18-13-11-10-12-14-19-30)40(54)33-34(41(36)55)39(53)28(6)43-35(33)44(56)46(8,61-43)59-21-20-32(58-9)25(3)42(60-29(7)50)27(5)38(52)26(4)37(23)51/h15-17,20-23,25-27,32,37-38,42,51-55H,10-14,18-19H2,1-9H3,(H,48,57)/b16-15+,21-20+,24-17-,47-22?/t23-,25-,26+,27-,32-,37-,38+,42+,46-/m0/s1. The molecule has 6 rings (SSSR count). The van der Waals surface area contributed by atoms with Crippen molar-refractivity contribution in [3.05, 3.63) is 52.8 Å². The summed E-state index contributed by atoms with van der Waals surface area (Å²) in [7, 11) is 1.44. The number of carbonyl (C=O) groups excluding carboxylic acids is 3. The first kappa shape index (κ1) is 46.8. The number of carbonyl (C=O) groups is 3. The zero-order valence-corrected chi connectivity index (χ0v) is 36.5. The van der Waals surface area contributed by atoms with Crippen LogP contribution in [0.3, 0.4) is 0 Å². The molecular formula is C46H61N3O12. The van der Waals surface area contributed by atoms with Gasteiger partial charge in [-0.25, -0.2) is 0 Å². The maximum Gasteiger partial charge on any atom is 0.312 e. The van der Waals surface area contributed by atoms with Gasteiger partial charge in [0.25, 0.3) is 11.7 Å². The molecule has 1 saturated carbocycles. The summed E-state index contributed by atoms with van der Waals surface area (Å²) in [6.45, 7) is 12.5. The Balaban J connectivity index is 1.71. The van der Waals surface area contributed by atoms with Gasteiger partial charge in [-0.1, -0.05) is 65.2 Å². The zero-order valence-electron chi connectivity index (χ0n) is 36.5. The van der Waals surface area contributed by atoms with E-state index in [0.29, 0.717) is 0 Å². The summed E-state index contributed by atoms with van der Waals surface area (Å²) >= 11 is 0. The molecule has 1 aliphatic carbocycles. The third kappa shape index (κ3) is 9.79. The topological polar surface area (TPSA) is 226 Å². The van der Waals surface area contributed by atoms with E-state index in [1.807, 2.05) is 0 Å². The monoisotopic (exact) mass is 847 g/mol. The van der Waals surface area contributed by atoms with E-state index in [-0.39, 0.29) is 44.5 Å². The molecule has 15 nitrogen and oxygen atoms in total. The van der Waals surface area contributed by atoms with E-state index in [1.54, 1.807) is 39.8 Å². The van der Waals surface area contributed by atoms with Gasteiger partial charge in [0.2, 0.25) is 0 Å². The summed E-state index contributed by atoms with van der Waals surface area (Å²) in [6, 6.07) is 0. The fourth-order valence-corrected chi connectivity index (χ4v) is 8.45. The number of esters is 1. The Morgan fingerprint density at radius 1 is 0.902 bits per heavy atom. The number of aliphatic hydroxyl groups is 2. The largest absolute Gasteiger partial charge is 0.507 e. The highest BCUT2D eigenvalue weighted by molar-refractivity contribution is 6.24. The van der Waals surface area contributed by atoms with Gasteiger partial charge in [0.15, 0.2) is 5.75 Å². The molecule has 0 spiro atoms. The third-order valence-corrected chi connectivity index (χ3v) is 12.3. The van der Waals surface area contributed by atoms with Gasteiger partial charge in [-0.15, -0.1) is 0 Å². The number of methoxy groups -OCH3 is 1. The van der Waals surface area contributed by atoms with Crippen molar-refractivity contribution in [3.8, 4) is 23.0 Å². The maximum absolute atomic E-state index is 14.5. The van der Waals surface area contributed by atoms with E-state index in [1.165, 1.54) is 59.4 Å². The van der Waals surface area contributed by atoms with Crippen LogP contribution in [0, 0.1) is 30.6 Å². The minimum atomic E-state index is -2.05. The summed E-state index contributed by atoms with van der Waals surface area (Å²) in [5.74, 6) is -8.45. The molecule has 5 bridgehead atoms. The van der Waals surface area contributed by atoms with Crippen LogP contribution in [0.1, 0.15) is 115 Å². The molecule has 0 aromatic heterocycles. The highest BCUT2D eigenvalue weighted by Crippen LogP contribution is 2.55. The number of anilines is 1. The normalized spacial score (nSPS) is 31.4. The number of ether oxygens (including phenoxy) is 4. The van der Waals surface area contributed by atoms with Gasteiger partial charge in [0.05, 0.1) is 53.0 Å². The third-order valence-electron chi connectivity index (χ3n) is 12.3. The van der Waals surface area contributed by atoms with Crippen LogP contribution in [0.25, 0.3) is 10.8 Å². The van der Waals surface area contributed by atoms with Crippen molar-refractivity contribution < 1.29 is 58.9 Å². The van der Waals surface area contributed by atoms with Gasteiger partial charge >= 0.3 is 11.8 Å². The smallest absolute Gasteiger partial charge is 0.312 e. The number of phenolic OH excluding ortho intramolecular Hbond substituents is 3. The van der Waals surface area contributed by atoms with Crippen molar-refractivity contribution >= 4 is 46.0 Å². The van der Waals surface area contributed by atoms with E-state index in [2.05, 4.69) is 15.5 Å². The number of nitrogens with zero attached hydrogens (tertiary/aromatic N) is 2. The van der Waals surface area contributed by atoms with Gasteiger partial charge in [0, 0.05) is 66.9 Å². The molecule has 6 N–H and O–H groups in total. The molecule has 61 heavy (non-hydrogen) atoms. The molecule has 15 heteroatoms. The molecule has 3 heterocycles. The lowest BCUT2D eigenvalue weighted by atomic mass is 9.78. The molecule has 2 aromatic rings. The van der Waals surface area contributed by atoms with E-state index >= 15 is 0 Å². The fraction of sp³-hybridized carbons (Fsp3) is 0.543. The predicted octanol–water partition coefficient (Wildman–Crippen LogP) is 7.27. The summed E-state index contributed by atoms with van der Waals surface area (Å²) in [4.78, 5) is 40.6. The van der Waals surface area contributed by atoms with Crippen molar-refractivity contribution in [1.29, 1.82) is 0 Å². The molecular weight excluding hydrogens is 787 g/mol. The van der Waals surface area contributed by atoms with Crippen LogP contribution in [0.15, 0.2) is 46.3 Å². The molecule has 1 amide bonds.